The number of hydrogen-bond donors (Lipinski definition) is 2. The Morgan fingerprint density at radius 2 is 2.11 bits per heavy atom. The molecule has 0 fully saturated rings. The van der Waals surface area contributed by atoms with Crippen LogP contribution in [0.4, 0.5) is 4.39 Å². The van der Waals surface area contributed by atoms with Crippen molar-refractivity contribution in [1.29, 1.82) is 0 Å². The van der Waals surface area contributed by atoms with E-state index in [1.54, 1.807) is 23.9 Å². The highest BCUT2D eigenvalue weighted by atomic mass is 32.2. The summed E-state index contributed by atoms with van der Waals surface area (Å²) in [7, 11) is 0. The van der Waals surface area contributed by atoms with Gasteiger partial charge in [0.05, 0.1) is 4.88 Å². The van der Waals surface area contributed by atoms with E-state index in [1.165, 1.54) is 23.5 Å². The normalized spacial score (nSPS) is 10.5. The molecule has 0 aliphatic heterocycles. The third kappa shape index (κ3) is 3.56. The fourth-order valence-electron chi connectivity index (χ4n) is 1.54. The molecule has 0 unspecified atom stereocenters. The maximum atomic E-state index is 12.8. The summed E-state index contributed by atoms with van der Waals surface area (Å²) in [5.41, 5.74) is 3.22. The van der Waals surface area contributed by atoms with E-state index in [0.717, 1.165) is 21.1 Å². The zero-order chi connectivity index (χ0) is 13.8. The van der Waals surface area contributed by atoms with E-state index >= 15 is 0 Å². The number of carbonyl (C=O) groups is 1. The van der Waals surface area contributed by atoms with Gasteiger partial charge < -0.3 is 0 Å². The Morgan fingerprint density at radius 3 is 2.74 bits per heavy atom. The molecule has 0 radical (unpaired) electrons. The third-order valence-corrected chi connectivity index (χ3v) is 4.74. The van der Waals surface area contributed by atoms with Crippen LogP contribution >= 0.6 is 23.1 Å². The first-order chi connectivity index (χ1) is 9.10. The summed E-state index contributed by atoms with van der Waals surface area (Å²) in [5, 5.41) is 0. The number of nitrogens with one attached hydrogen (secondary N) is 1. The molecule has 0 saturated heterocycles. The summed E-state index contributed by atoms with van der Waals surface area (Å²) in [6.07, 6.45) is 0. The van der Waals surface area contributed by atoms with Crippen LogP contribution in [-0.4, -0.2) is 5.91 Å². The summed E-state index contributed by atoms with van der Waals surface area (Å²) < 4.78 is 12.8. The Bertz CT molecular complexity index is 581. The molecule has 2 rings (SSSR count). The van der Waals surface area contributed by atoms with Gasteiger partial charge in [0.1, 0.15) is 5.82 Å². The van der Waals surface area contributed by atoms with Gasteiger partial charge in [-0.1, -0.05) is 0 Å². The number of nitrogens with two attached hydrogens (primary N) is 1. The molecule has 0 aliphatic carbocycles. The SMILES string of the molecule is Cc1sc(C(=O)NN)cc1CSc1ccc(F)cc1. The van der Waals surface area contributed by atoms with Crippen molar-refractivity contribution in [3.63, 3.8) is 0 Å². The Morgan fingerprint density at radius 1 is 1.42 bits per heavy atom. The first-order valence-corrected chi connectivity index (χ1v) is 7.39. The molecule has 3 N–H and O–H groups in total. The molecular formula is C13H13FN2OS2. The van der Waals surface area contributed by atoms with Crippen molar-refractivity contribution in [1.82, 2.24) is 5.43 Å². The number of hydrogen-bond acceptors (Lipinski definition) is 4. The topological polar surface area (TPSA) is 55.1 Å². The molecule has 19 heavy (non-hydrogen) atoms. The number of carbonyl (C=O) groups excluding carboxylic acids is 1. The molecule has 0 aliphatic rings. The largest absolute Gasteiger partial charge is 0.289 e. The Labute approximate surface area is 119 Å². The number of halogens is 1. The van der Waals surface area contributed by atoms with Crippen molar-refractivity contribution in [2.45, 2.75) is 17.6 Å². The number of nitrogen functional groups attached to an aromatic ring is 1. The average Bonchev–Trinajstić information content (AvgIpc) is 2.79. The van der Waals surface area contributed by atoms with Crippen LogP contribution in [0.25, 0.3) is 0 Å². The molecule has 0 bridgehead atoms. The van der Waals surface area contributed by atoms with E-state index in [2.05, 4.69) is 5.43 Å². The molecule has 2 aromatic rings. The maximum absolute atomic E-state index is 12.8. The fourth-order valence-corrected chi connectivity index (χ4v) is 3.52. The molecule has 0 saturated carbocycles. The number of thioether (sulfide) groups is 1. The molecule has 3 nitrogen and oxygen atoms in total. The second kappa shape index (κ2) is 6.18. The third-order valence-electron chi connectivity index (χ3n) is 2.58. The summed E-state index contributed by atoms with van der Waals surface area (Å²) in [4.78, 5) is 14.1. The number of hydrazine groups is 1. The van der Waals surface area contributed by atoms with Gasteiger partial charge in [-0.15, -0.1) is 23.1 Å². The number of amides is 1. The van der Waals surface area contributed by atoms with Crippen LogP contribution in [-0.2, 0) is 5.75 Å². The zero-order valence-electron chi connectivity index (χ0n) is 10.3. The van der Waals surface area contributed by atoms with Gasteiger partial charge in [-0.05, 0) is 42.8 Å². The highest BCUT2D eigenvalue weighted by Gasteiger charge is 2.11. The van der Waals surface area contributed by atoms with Crippen molar-refractivity contribution in [2.75, 3.05) is 0 Å². The predicted octanol–water partition coefficient (Wildman–Crippen LogP) is 3.09. The van der Waals surface area contributed by atoms with E-state index in [0.29, 0.717) is 4.88 Å². The molecule has 1 amide bonds. The van der Waals surface area contributed by atoms with Gasteiger partial charge in [-0.25, -0.2) is 10.2 Å². The quantitative estimate of drug-likeness (QED) is 0.394. The standard InChI is InChI=1S/C13H13FN2OS2/c1-8-9(6-12(19-8)13(17)16-15)7-18-11-4-2-10(14)3-5-11/h2-6H,7,15H2,1H3,(H,16,17). The number of thiophene rings is 1. The number of aryl methyl sites for hydroxylation is 1. The molecule has 6 heteroatoms. The summed E-state index contributed by atoms with van der Waals surface area (Å²) >= 11 is 3.03. The second-order valence-electron chi connectivity index (χ2n) is 3.91. The summed E-state index contributed by atoms with van der Waals surface area (Å²) in [6, 6.07) is 8.22. The Kier molecular flexibility index (Phi) is 4.57. The lowest BCUT2D eigenvalue weighted by atomic mass is 10.3. The van der Waals surface area contributed by atoms with Gasteiger partial charge in [0, 0.05) is 15.5 Å². The number of benzene rings is 1. The lowest BCUT2D eigenvalue weighted by Gasteiger charge is -2.01. The molecule has 0 atom stereocenters. The average molecular weight is 296 g/mol. The minimum atomic E-state index is -0.272. The van der Waals surface area contributed by atoms with Crippen molar-refractivity contribution in [3.05, 3.63) is 51.5 Å². The smallest absolute Gasteiger partial charge is 0.275 e. The maximum Gasteiger partial charge on any atom is 0.275 e. The lowest BCUT2D eigenvalue weighted by molar-refractivity contribution is 0.0957. The van der Waals surface area contributed by atoms with E-state index in [4.69, 9.17) is 5.84 Å². The van der Waals surface area contributed by atoms with E-state index in [9.17, 15) is 9.18 Å². The fraction of sp³-hybridized carbons (Fsp3) is 0.154. The van der Waals surface area contributed by atoms with Crippen molar-refractivity contribution < 1.29 is 9.18 Å². The van der Waals surface area contributed by atoms with Crippen LogP contribution in [0.3, 0.4) is 0 Å². The predicted molar refractivity (Wildman–Crippen MR) is 76.7 cm³/mol. The molecule has 100 valence electrons. The lowest BCUT2D eigenvalue weighted by Crippen LogP contribution is -2.29. The van der Waals surface area contributed by atoms with Gasteiger partial charge in [0.25, 0.3) is 5.91 Å². The van der Waals surface area contributed by atoms with Crippen molar-refractivity contribution in [3.8, 4) is 0 Å². The van der Waals surface area contributed by atoms with Crippen LogP contribution in [0, 0.1) is 12.7 Å². The van der Waals surface area contributed by atoms with E-state index in [1.807, 2.05) is 13.0 Å². The van der Waals surface area contributed by atoms with Crippen LogP contribution in [0.2, 0.25) is 0 Å². The monoisotopic (exact) mass is 296 g/mol. The van der Waals surface area contributed by atoms with Gasteiger partial charge in [0.2, 0.25) is 0 Å². The zero-order valence-corrected chi connectivity index (χ0v) is 11.9. The van der Waals surface area contributed by atoms with Gasteiger partial charge in [0.15, 0.2) is 0 Å². The van der Waals surface area contributed by atoms with Crippen LogP contribution in [0.15, 0.2) is 35.2 Å². The van der Waals surface area contributed by atoms with Crippen molar-refractivity contribution >= 4 is 29.0 Å². The van der Waals surface area contributed by atoms with Gasteiger partial charge in [-0.2, -0.15) is 0 Å². The van der Waals surface area contributed by atoms with E-state index < -0.39 is 0 Å². The number of rotatable bonds is 4. The van der Waals surface area contributed by atoms with Crippen LogP contribution in [0.5, 0.6) is 0 Å². The van der Waals surface area contributed by atoms with Crippen molar-refractivity contribution in [2.24, 2.45) is 5.84 Å². The Balaban J connectivity index is 2.05. The van der Waals surface area contributed by atoms with E-state index in [-0.39, 0.29) is 11.7 Å². The molecular weight excluding hydrogens is 283 g/mol. The molecule has 1 heterocycles. The van der Waals surface area contributed by atoms with Gasteiger partial charge in [-0.3, -0.25) is 10.2 Å². The minimum absolute atomic E-state index is 0.238. The molecule has 1 aromatic carbocycles. The van der Waals surface area contributed by atoms with Gasteiger partial charge >= 0.3 is 0 Å². The van der Waals surface area contributed by atoms with Crippen LogP contribution in [0.1, 0.15) is 20.1 Å². The Hall–Kier alpha value is -1.37. The molecule has 0 spiro atoms. The van der Waals surface area contributed by atoms with Crippen LogP contribution < -0.4 is 11.3 Å². The molecule has 1 aromatic heterocycles. The summed E-state index contributed by atoms with van der Waals surface area (Å²) in [5.74, 6) is 5.34. The summed E-state index contributed by atoms with van der Waals surface area (Å²) in [6.45, 7) is 1.97. The highest BCUT2D eigenvalue weighted by Crippen LogP contribution is 2.29. The minimum Gasteiger partial charge on any atom is -0.289 e. The first kappa shape index (κ1) is 14.0. The first-order valence-electron chi connectivity index (χ1n) is 5.59. The highest BCUT2D eigenvalue weighted by molar-refractivity contribution is 7.98. The second-order valence-corrected chi connectivity index (χ2v) is 6.21.